The first-order valence-electron chi connectivity index (χ1n) is 10.4. The van der Waals surface area contributed by atoms with Crippen molar-refractivity contribution in [1.29, 1.82) is 0 Å². The molecular formula is C25H27N3O5. The molecule has 0 spiro atoms. The molecule has 0 bridgehead atoms. The highest BCUT2D eigenvalue weighted by Crippen LogP contribution is 2.31. The molecule has 3 aromatic rings. The Bertz CT molecular complexity index is 1130. The number of nitro groups is 1. The molecule has 1 atom stereocenters. The van der Waals surface area contributed by atoms with Crippen LogP contribution in [0.3, 0.4) is 0 Å². The molecule has 1 amide bonds. The lowest BCUT2D eigenvalue weighted by Crippen LogP contribution is -2.34. The molecule has 1 unspecified atom stereocenters. The lowest BCUT2D eigenvalue weighted by molar-refractivity contribution is -0.384. The van der Waals surface area contributed by atoms with Crippen LogP contribution in [0.2, 0.25) is 0 Å². The molecular weight excluding hydrogens is 422 g/mol. The Morgan fingerprint density at radius 3 is 2.42 bits per heavy atom. The Labute approximate surface area is 192 Å². The van der Waals surface area contributed by atoms with Crippen molar-refractivity contribution in [3.8, 4) is 11.5 Å². The maximum Gasteiger partial charge on any atom is 0.293 e. The van der Waals surface area contributed by atoms with E-state index in [0.717, 1.165) is 16.7 Å². The van der Waals surface area contributed by atoms with Gasteiger partial charge in [-0.05, 0) is 37.2 Å². The van der Waals surface area contributed by atoms with Gasteiger partial charge in [0.1, 0.15) is 23.2 Å². The lowest BCUT2D eigenvalue weighted by atomic mass is 10.0. The minimum Gasteiger partial charge on any atom is -0.497 e. The highest BCUT2D eigenvalue weighted by molar-refractivity contribution is 5.97. The van der Waals surface area contributed by atoms with E-state index in [0.29, 0.717) is 18.0 Å². The van der Waals surface area contributed by atoms with Crippen molar-refractivity contribution in [3.05, 3.63) is 93.5 Å². The number of nitrogens with one attached hydrogen (secondary N) is 1. The second-order valence-electron chi connectivity index (χ2n) is 7.67. The average molecular weight is 450 g/mol. The molecule has 0 saturated carbocycles. The molecule has 8 heteroatoms. The maximum absolute atomic E-state index is 13.4. The van der Waals surface area contributed by atoms with E-state index in [1.165, 1.54) is 6.07 Å². The van der Waals surface area contributed by atoms with Gasteiger partial charge in [0.05, 0.1) is 19.1 Å². The number of likely N-dealkylation sites (N-methyl/N-ethyl adjacent to an activating group) is 1. The van der Waals surface area contributed by atoms with Gasteiger partial charge in [-0.1, -0.05) is 42.5 Å². The zero-order valence-electron chi connectivity index (χ0n) is 19.1. The summed E-state index contributed by atoms with van der Waals surface area (Å²) in [5.41, 5.74) is 2.39. The number of rotatable bonds is 9. The number of amides is 1. The zero-order chi connectivity index (χ0) is 24.0. The first-order valence-corrected chi connectivity index (χ1v) is 10.4. The molecule has 0 aliphatic heterocycles. The Balaban J connectivity index is 1.93. The number of benzene rings is 3. The molecule has 0 radical (unpaired) electrons. The summed E-state index contributed by atoms with van der Waals surface area (Å²) in [6.45, 7) is 2.16. The largest absolute Gasteiger partial charge is 0.497 e. The fourth-order valence-corrected chi connectivity index (χ4v) is 3.68. The van der Waals surface area contributed by atoms with E-state index in [2.05, 4.69) is 5.32 Å². The predicted molar refractivity (Wildman–Crippen MR) is 127 cm³/mol. The van der Waals surface area contributed by atoms with Crippen LogP contribution in [0.4, 0.5) is 11.4 Å². The summed E-state index contributed by atoms with van der Waals surface area (Å²) in [6, 6.07) is 18.8. The number of ether oxygens (including phenoxy) is 2. The van der Waals surface area contributed by atoms with Gasteiger partial charge >= 0.3 is 0 Å². The molecule has 8 nitrogen and oxygen atoms in total. The van der Waals surface area contributed by atoms with E-state index < -0.39 is 11.0 Å². The van der Waals surface area contributed by atoms with Gasteiger partial charge in [0.25, 0.3) is 5.69 Å². The molecule has 172 valence electrons. The van der Waals surface area contributed by atoms with Crippen molar-refractivity contribution in [3.63, 3.8) is 0 Å². The van der Waals surface area contributed by atoms with Gasteiger partial charge in [-0.25, -0.2) is 0 Å². The molecule has 1 N–H and O–H groups in total. The first kappa shape index (κ1) is 23.7. The Kier molecular flexibility index (Phi) is 7.63. The Morgan fingerprint density at radius 1 is 1.06 bits per heavy atom. The summed E-state index contributed by atoms with van der Waals surface area (Å²) < 4.78 is 10.8. The molecule has 0 aliphatic carbocycles. The second-order valence-corrected chi connectivity index (χ2v) is 7.67. The third-order valence-electron chi connectivity index (χ3n) is 5.33. The SMILES string of the molecule is COc1ccc(CN(C)C(C(=O)Nc2ccc(C)cc2[N+](=O)[O-])c2ccccc2)c(OC)c1. The van der Waals surface area contributed by atoms with Gasteiger partial charge in [-0.2, -0.15) is 0 Å². The van der Waals surface area contributed by atoms with Gasteiger partial charge in [0, 0.05) is 24.2 Å². The zero-order valence-corrected chi connectivity index (χ0v) is 19.1. The van der Waals surface area contributed by atoms with Crippen LogP contribution in [0.25, 0.3) is 0 Å². The van der Waals surface area contributed by atoms with Crippen LogP contribution in [-0.2, 0) is 11.3 Å². The predicted octanol–water partition coefficient (Wildman–Crippen LogP) is 4.73. The van der Waals surface area contributed by atoms with E-state index in [1.807, 2.05) is 54.4 Å². The summed E-state index contributed by atoms with van der Waals surface area (Å²) >= 11 is 0. The van der Waals surface area contributed by atoms with Crippen molar-refractivity contribution in [2.75, 3.05) is 26.6 Å². The minimum absolute atomic E-state index is 0.144. The number of carbonyl (C=O) groups is 1. The van der Waals surface area contributed by atoms with E-state index in [1.54, 1.807) is 39.3 Å². The quantitative estimate of drug-likeness (QED) is 0.375. The molecule has 0 heterocycles. The van der Waals surface area contributed by atoms with Crippen molar-refractivity contribution >= 4 is 17.3 Å². The number of methoxy groups -OCH3 is 2. The van der Waals surface area contributed by atoms with Gasteiger partial charge in [-0.3, -0.25) is 19.8 Å². The molecule has 0 aliphatic rings. The van der Waals surface area contributed by atoms with Crippen LogP contribution in [0.1, 0.15) is 22.7 Å². The van der Waals surface area contributed by atoms with Gasteiger partial charge in [0.15, 0.2) is 0 Å². The van der Waals surface area contributed by atoms with Crippen LogP contribution in [0.15, 0.2) is 66.7 Å². The van der Waals surface area contributed by atoms with Gasteiger partial charge < -0.3 is 14.8 Å². The monoisotopic (exact) mass is 449 g/mol. The van der Waals surface area contributed by atoms with Crippen molar-refractivity contribution in [2.24, 2.45) is 0 Å². The van der Waals surface area contributed by atoms with E-state index in [-0.39, 0.29) is 17.3 Å². The van der Waals surface area contributed by atoms with Crippen LogP contribution in [0.5, 0.6) is 11.5 Å². The normalized spacial score (nSPS) is 11.7. The second kappa shape index (κ2) is 10.6. The summed E-state index contributed by atoms with van der Waals surface area (Å²) in [5, 5.41) is 14.3. The highest BCUT2D eigenvalue weighted by atomic mass is 16.6. The van der Waals surface area contributed by atoms with E-state index in [4.69, 9.17) is 9.47 Å². The molecule has 0 fully saturated rings. The van der Waals surface area contributed by atoms with E-state index in [9.17, 15) is 14.9 Å². The smallest absolute Gasteiger partial charge is 0.293 e. The molecule has 0 aromatic heterocycles. The third kappa shape index (κ3) is 5.67. The fourth-order valence-electron chi connectivity index (χ4n) is 3.68. The lowest BCUT2D eigenvalue weighted by Gasteiger charge is -2.28. The van der Waals surface area contributed by atoms with Crippen molar-refractivity contribution in [1.82, 2.24) is 4.90 Å². The third-order valence-corrected chi connectivity index (χ3v) is 5.33. The number of hydrogen-bond acceptors (Lipinski definition) is 6. The summed E-state index contributed by atoms with van der Waals surface area (Å²) in [5.74, 6) is 0.938. The van der Waals surface area contributed by atoms with Gasteiger partial charge in [-0.15, -0.1) is 0 Å². The molecule has 3 rings (SSSR count). The standard InChI is InChI=1S/C25H27N3O5/c1-17-10-13-21(22(14-17)28(30)31)26-25(29)24(18-8-6-5-7-9-18)27(2)16-19-11-12-20(32-3)15-23(19)33-4/h5-15,24H,16H2,1-4H3,(H,26,29). The first-order chi connectivity index (χ1) is 15.8. The van der Waals surface area contributed by atoms with Crippen LogP contribution in [0, 0.1) is 17.0 Å². The van der Waals surface area contributed by atoms with Gasteiger partial charge in [0.2, 0.25) is 5.91 Å². The van der Waals surface area contributed by atoms with Crippen LogP contribution >= 0.6 is 0 Å². The topological polar surface area (TPSA) is 93.9 Å². The number of anilines is 1. The minimum atomic E-state index is -0.695. The fraction of sp³-hybridized carbons (Fsp3) is 0.240. The van der Waals surface area contributed by atoms with Crippen LogP contribution in [-0.4, -0.2) is 37.0 Å². The number of hydrogen-bond donors (Lipinski definition) is 1. The number of carbonyl (C=O) groups excluding carboxylic acids is 1. The molecule has 0 saturated heterocycles. The van der Waals surface area contributed by atoms with Crippen molar-refractivity contribution in [2.45, 2.75) is 19.5 Å². The van der Waals surface area contributed by atoms with E-state index >= 15 is 0 Å². The average Bonchev–Trinajstić information content (AvgIpc) is 2.81. The Hall–Kier alpha value is -3.91. The molecule has 33 heavy (non-hydrogen) atoms. The Morgan fingerprint density at radius 2 is 1.79 bits per heavy atom. The highest BCUT2D eigenvalue weighted by Gasteiger charge is 2.28. The summed E-state index contributed by atoms with van der Waals surface area (Å²) in [4.78, 5) is 26.3. The summed E-state index contributed by atoms with van der Waals surface area (Å²) in [6.07, 6.45) is 0. The number of aryl methyl sites for hydroxylation is 1. The molecule has 3 aromatic carbocycles. The number of nitro benzene ring substituents is 1. The van der Waals surface area contributed by atoms with Crippen molar-refractivity contribution < 1.29 is 19.2 Å². The summed E-state index contributed by atoms with van der Waals surface area (Å²) in [7, 11) is 4.99. The number of nitrogens with zero attached hydrogens (tertiary/aromatic N) is 2. The maximum atomic E-state index is 13.4. The van der Waals surface area contributed by atoms with Crippen LogP contribution < -0.4 is 14.8 Å².